The quantitative estimate of drug-likeness (QED) is 0.407. The van der Waals surface area contributed by atoms with Crippen molar-refractivity contribution in [2.45, 2.75) is 19.8 Å². The Morgan fingerprint density at radius 2 is 1.47 bits per heavy atom. The van der Waals surface area contributed by atoms with Crippen molar-refractivity contribution in [3.8, 4) is 0 Å². The van der Waals surface area contributed by atoms with Gasteiger partial charge in [0.15, 0.2) is 5.41 Å². The maximum absolute atomic E-state index is 11.1. The molecule has 0 aromatic carbocycles. The lowest BCUT2D eigenvalue weighted by atomic mass is 9.81. The Morgan fingerprint density at radius 3 is 1.76 bits per heavy atom. The van der Waals surface area contributed by atoms with E-state index in [1.165, 1.54) is 6.92 Å². The molecule has 17 heavy (non-hydrogen) atoms. The second-order valence-electron chi connectivity index (χ2n) is 3.24. The third-order valence-corrected chi connectivity index (χ3v) is 2.02. The third-order valence-electron chi connectivity index (χ3n) is 2.02. The van der Waals surface area contributed by atoms with Gasteiger partial charge in [-0.2, -0.15) is 0 Å². The molecule has 0 rings (SSSR count). The van der Waals surface area contributed by atoms with Crippen LogP contribution < -0.4 is 0 Å². The Bertz CT molecular complexity index is 331. The second-order valence-corrected chi connectivity index (χ2v) is 3.24. The molecule has 0 aliphatic heterocycles. The minimum Gasteiger partial charge on any atom is -0.481 e. The number of aliphatic carboxylic acids is 3. The average molecular weight is 248 g/mol. The molecular formula is C9H12O8. The second kappa shape index (κ2) is 5.83. The van der Waals surface area contributed by atoms with E-state index in [9.17, 15) is 19.2 Å². The zero-order valence-corrected chi connectivity index (χ0v) is 9.00. The Labute approximate surface area is 95.8 Å². The predicted octanol–water partition coefficient (Wildman–Crippen LogP) is -0.430. The van der Waals surface area contributed by atoms with Gasteiger partial charge in [0.25, 0.3) is 0 Å². The normalized spacial score (nSPS) is 10.6. The van der Waals surface area contributed by atoms with Crippen molar-refractivity contribution in [3.63, 3.8) is 0 Å². The lowest BCUT2D eigenvalue weighted by molar-refractivity contribution is -0.174. The number of carboxylic acid groups (broad SMARTS) is 3. The first-order valence-electron chi connectivity index (χ1n) is 4.60. The van der Waals surface area contributed by atoms with Gasteiger partial charge in [-0.3, -0.25) is 19.2 Å². The first-order valence-corrected chi connectivity index (χ1v) is 4.60. The van der Waals surface area contributed by atoms with E-state index in [2.05, 4.69) is 4.74 Å². The smallest absolute Gasteiger partial charge is 0.322 e. The topological polar surface area (TPSA) is 138 Å². The van der Waals surface area contributed by atoms with Gasteiger partial charge in [-0.15, -0.1) is 0 Å². The van der Waals surface area contributed by atoms with Crippen molar-refractivity contribution >= 4 is 23.9 Å². The van der Waals surface area contributed by atoms with Gasteiger partial charge in [-0.05, 0) is 6.92 Å². The SMILES string of the molecule is CCOC(=O)CC(CC(=O)O)(C(=O)O)C(=O)O. The largest absolute Gasteiger partial charge is 0.481 e. The van der Waals surface area contributed by atoms with Crippen molar-refractivity contribution in [1.82, 2.24) is 0 Å². The molecule has 0 saturated heterocycles. The average Bonchev–Trinajstić information content (AvgIpc) is 2.15. The highest BCUT2D eigenvalue weighted by Gasteiger charge is 2.50. The van der Waals surface area contributed by atoms with E-state index in [0.29, 0.717) is 0 Å². The molecule has 8 nitrogen and oxygen atoms in total. The number of ether oxygens (including phenoxy) is 1. The van der Waals surface area contributed by atoms with E-state index in [1.807, 2.05) is 0 Å². The third kappa shape index (κ3) is 3.74. The molecule has 0 aromatic heterocycles. The van der Waals surface area contributed by atoms with Crippen LogP contribution in [-0.2, 0) is 23.9 Å². The molecule has 0 radical (unpaired) electrons. The van der Waals surface area contributed by atoms with E-state index >= 15 is 0 Å². The molecule has 0 heterocycles. The van der Waals surface area contributed by atoms with Crippen molar-refractivity contribution in [2.24, 2.45) is 5.41 Å². The molecule has 0 unspecified atom stereocenters. The number of esters is 1. The van der Waals surface area contributed by atoms with Crippen LogP contribution in [-0.4, -0.2) is 45.8 Å². The Balaban J connectivity index is 5.18. The summed E-state index contributed by atoms with van der Waals surface area (Å²) in [5, 5.41) is 26.1. The summed E-state index contributed by atoms with van der Waals surface area (Å²) in [6.07, 6.45) is -2.23. The number of hydrogen-bond acceptors (Lipinski definition) is 5. The van der Waals surface area contributed by atoms with Gasteiger partial charge in [0.2, 0.25) is 0 Å². The maximum atomic E-state index is 11.1. The summed E-state index contributed by atoms with van der Waals surface area (Å²) < 4.78 is 4.42. The van der Waals surface area contributed by atoms with E-state index in [4.69, 9.17) is 15.3 Å². The van der Waals surface area contributed by atoms with Crippen LogP contribution in [0.25, 0.3) is 0 Å². The molecule has 0 bridgehead atoms. The van der Waals surface area contributed by atoms with Crippen molar-refractivity contribution in [3.05, 3.63) is 0 Å². The van der Waals surface area contributed by atoms with E-state index in [0.717, 1.165) is 0 Å². The summed E-state index contributed by atoms with van der Waals surface area (Å²) in [5.74, 6) is -6.47. The summed E-state index contributed by atoms with van der Waals surface area (Å²) in [6, 6.07) is 0. The lowest BCUT2D eigenvalue weighted by Crippen LogP contribution is -2.43. The van der Waals surface area contributed by atoms with Crippen LogP contribution in [0.15, 0.2) is 0 Å². The number of hydrogen-bond donors (Lipinski definition) is 3. The minimum absolute atomic E-state index is 0.0543. The molecule has 0 amide bonds. The molecule has 8 heteroatoms. The first-order chi connectivity index (χ1) is 7.76. The molecular weight excluding hydrogens is 236 g/mol. The van der Waals surface area contributed by atoms with E-state index in [-0.39, 0.29) is 6.61 Å². The Morgan fingerprint density at radius 1 is 1.00 bits per heavy atom. The number of rotatable bonds is 7. The molecule has 0 saturated carbocycles. The van der Waals surface area contributed by atoms with E-state index in [1.54, 1.807) is 0 Å². The summed E-state index contributed by atoms with van der Waals surface area (Å²) in [4.78, 5) is 43.4. The van der Waals surface area contributed by atoms with Gasteiger partial charge < -0.3 is 20.1 Å². The summed E-state index contributed by atoms with van der Waals surface area (Å²) >= 11 is 0. The number of carbonyl (C=O) groups excluding carboxylic acids is 1. The fraction of sp³-hybridized carbons (Fsp3) is 0.556. The molecule has 3 N–H and O–H groups in total. The monoisotopic (exact) mass is 248 g/mol. The van der Waals surface area contributed by atoms with Crippen LogP contribution in [0.5, 0.6) is 0 Å². The molecule has 96 valence electrons. The fourth-order valence-corrected chi connectivity index (χ4v) is 1.17. The molecule has 0 fully saturated rings. The van der Waals surface area contributed by atoms with Crippen LogP contribution in [0.2, 0.25) is 0 Å². The molecule has 0 aliphatic carbocycles. The predicted molar refractivity (Wildman–Crippen MR) is 51.2 cm³/mol. The zero-order chi connectivity index (χ0) is 13.6. The Hall–Kier alpha value is -2.12. The summed E-state index contributed by atoms with van der Waals surface area (Å²) in [7, 11) is 0. The summed E-state index contributed by atoms with van der Waals surface area (Å²) in [5.41, 5.74) is -2.70. The van der Waals surface area contributed by atoms with Crippen LogP contribution in [0, 0.1) is 5.41 Å². The van der Waals surface area contributed by atoms with Crippen LogP contribution in [0.3, 0.4) is 0 Å². The Kier molecular flexibility index (Phi) is 5.10. The fourth-order valence-electron chi connectivity index (χ4n) is 1.17. The van der Waals surface area contributed by atoms with Gasteiger partial charge in [-0.1, -0.05) is 0 Å². The van der Waals surface area contributed by atoms with Gasteiger partial charge in [-0.25, -0.2) is 0 Å². The highest BCUT2D eigenvalue weighted by molar-refractivity contribution is 6.04. The zero-order valence-electron chi connectivity index (χ0n) is 9.00. The number of carbonyl (C=O) groups is 4. The van der Waals surface area contributed by atoms with Gasteiger partial charge in [0.1, 0.15) is 0 Å². The summed E-state index contributed by atoms with van der Waals surface area (Å²) in [6.45, 7) is 1.40. The highest BCUT2D eigenvalue weighted by atomic mass is 16.5. The van der Waals surface area contributed by atoms with E-state index < -0.39 is 42.1 Å². The van der Waals surface area contributed by atoms with Crippen molar-refractivity contribution in [2.75, 3.05) is 6.61 Å². The van der Waals surface area contributed by atoms with Gasteiger partial charge in [0.05, 0.1) is 19.4 Å². The highest BCUT2D eigenvalue weighted by Crippen LogP contribution is 2.28. The van der Waals surface area contributed by atoms with Crippen LogP contribution in [0.1, 0.15) is 19.8 Å². The van der Waals surface area contributed by atoms with Gasteiger partial charge in [0, 0.05) is 0 Å². The van der Waals surface area contributed by atoms with Crippen LogP contribution in [0.4, 0.5) is 0 Å². The molecule has 0 spiro atoms. The molecule has 0 atom stereocenters. The van der Waals surface area contributed by atoms with Crippen molar-refractivity contribution in [1.29, 1.82) is 0 Å². The molecule has 0 aliphatic rings. The van der Waals surface area contributed by atoms with Crippen molar-refractivity contribution < 1.29 is 39.2 Å². The first kappa shape index (κ1) is 14.9. The lowest BCUT2D eigenvalue weighted by Gasteiger charge is -2.21. The maximum Gasteiger partial charge on any atom is 0.322 e. The minimum atomic E-state index is -2.70. The van der Waals surface area contributed by atoms with Gasteiger partial charge >= 0.3 is 23.9 Å². The number of carboxylic acids is 3. The standard InChI is InChI=1S/C9H12O8/c1-2-17-6(12)4-9(7(13)14,8(15)16)3-5(10)11/h2-4H2,1H3,(H,10,11)(H,13,14)(H,15,16). The molecule has 0 aromatic rings. The van der Waals surface area contributed by atoms with Crippen LogP contribution >= 0.6 is 0 Å².